The van der Waals surface area contributed by atoms with Crippen LogP contribution in [-0.4, -0.2) is 45.6 Å². The summed E-state index contributed by atoms with van der Waals surface area (Å²) in [5.74, 6) is -2.31. The van der Waals surface area contributed by atoms with Gasteiger partial charge in [0.05, 0.1) is 12.2 Å². The number of allylic oxidation sites excluding steroid dienone is 1. The second-order valence-corrected chi connectivity index (χ2v) is 9.59. The molecule has 0 amide bonds. The molecule has 0 aromatic carbocycles. The Balaban J connectivity index is 3.17. The molecule has 184 valence electrons. The van der Waals surface area contributed by atoms with Crippen LogP contribution in [0.2, 0.25) is 0 Å². The first-order valence-corrected chi connectivity index (χ1v) is 12.1. The van der Waals surface area contributed by atoms with E-state index in [1.165, 1.54) is 6.08 Å². The summed E-state index contributed by atoms with van der Waals surface area (Å²) in [7, 11) is 0. The van der Waals surface area contributed by atoms with Crippen LogP contribution in [0, 0.1) is 17.8 Å². The van der Waals surface area contributed by atoms with Crippen LogP contribution in [-0.2, 0) is 19.1 Å². The lowest BCUT2D eigenvalue weighted by Crippen LogP contribution is -2.49. The number of carbonyl (C=O) groups is 2. The summed E-state index contributed by atoms with van der Waals surface area (Å²) < 4.78 is 10.7. The molecule has 32 heavy (non-hydrogen) atoms. The highest BCUT2D eigenvalue weighted by Gasteiger charge is 2.54. The van der Waals surface area contributed by atoms with Crippen LogP contribution in [0.5, 0.6) is 0 Å². The van der Waals surface area contributed by atoms with Gasteiger partial charge in [-0.05, 0) is 71.8 Å². The highest BCUT2D eigenvalue weighted by molar-refractivity contribution is 5.83. The molecule has 2 N–H and O–H groups in total. The lowest BCUT2D eigenvalue weighted by atomic mass is 9.79. The second kappa shape index (κ2) is 12.5. The van der Waals surface area contributed by atoms with Gasteiger partial charge in [-0.2, -0.15) is 0 Å². The fourth-order valence-corrected chi connectivity index (χ4v) is 4.72. The van der Waals surface area contributed by atoms with Gasteiger partial charge in [0.2, 0.25) is 0 Å². The molecular formula is C26H44O6. The Morgan fingerprint density at radius 3 is 2.19 bits per heavy atom. The van der Waals surface area contributed by atoms with E-state index in [-0.39, 0.29) is 24.0 Å². The Bertz CT molecular complexity index is 655. The summed E-state index contributed by atoms with van der Waals surface area (Å²) in [6, 6.07) is 0. The summed E-state index contributed by atoms with van der Waals surface area (Å²) in [4.78, 5) is 25.6. The number of aliphatic hydroxyl groups is 2. The molecule has 0 aromatic heterocycles. The Morgan fingerprint density at radius 1 is 1.09 bits per heavy atom. The third-order valence-corrected chi connectivity index (χ3v) is 6.33. The van der Waals surface area contributed by atoms with Crippen LogP contribution in [0.25, 0.3) is 0 Å². The van der Waals surface area contributed by atoms with E-state index in [0.29, 0.717) is 19.3 Å². The van der Waals surface area contributed by atoms with Crippen LogP contribution in [0.15, 0.2) is 24.8 Å². The van der Waals surface area contributed by atoms with Gasteiger partial charge in [-0.15, -0.1) is 6.58 Å². The average Bonchev–Trinajstić information content (AvgIpc) is 3.02. The molecule has 0 saturated heterocycles. The van der Waals surface area contributed by atoms with Gasteiger partial charge in [-0.3, -0.25) is 0 Å². The molecule has 1 aliphatic rings. The fraction of sp³-hybridized carbons (Fsp3) is 0.769. The van der Waals surface area contributed by atoms with Gasteiger partial charge in [0.15, 0.2) is 11.2 Å². The fourth-order valence-electron chi connectivity index (χ4n) is 4.72. The SMILES string of the molecule is C=C[C@H](CCC)[C@](O)(/C=C/C[C@@H]1CC[C@H](CCC)[C@@]1(O)C(=O)OC(C)C)C(=O)OC(C)C. The maximum atomic E-state index is 12.9. The minimum absolute atomic E-state index is 0.164. The molecule has 0 unspecified atom stereocenters. The molecule has 0 radical (unpaired) electrons. The smallest absolute Gasteiger partial charge is 0.343 e. The number of hydrogen-bond acceptors (Lipinski definition) is 6. The first-order valence-electron chi connectivity index (χ1n) is 12.1. The normalized spacial score (nSPS) is 26.3. The van der Waals surface area contributed by atoms with Crippen molar-refractivity contribution >= 4 is 11.9 Å². The summed E-state index contributed by atoms with van der Waals surface area (Å²) in [5, 5.41) is 22.8. The van der Waals surface area contributed by atoms with Crippen LogP contribution >= 0.6 is 0 Å². The number of esters is 2. The number of rotatable bonds is 13. The number of hydrogen-bond donors (Lipinski definition) is 2. The summed E-state index contributed by atoms with van der Waals surface area (Å²) in [6.45, 7) is 14.8. The van der Waals surface area contributed by atoms with E-state index in [1.54, 1.807) is 39.8 Å². The summed E-state index contributed by atoms with van der Waals surface area (Å²) in [5.41, 5.74) is -3.41. The third kappa shape index (κ3) is 6.67. The minimum atomic E-state index is -1.85. The van der Waals surface area contributed by atoms with Gasteiger partial charge in [0, 0.05) is 11.8 Å². The van der Waals surface area contributed by atoms with Gasteiger partial charge >= 0.3 is 11.9 Å². The van der Waals surface area contributed by atoms with Crippen molar-refractivity contribution in [1.82, 2.24) is 0 Å². The van der Waals surface area contributed by atoms with E-state index >= 15 is 0 Å². The topological polar surface area (TPSA) is 93.1 Å². The molecule has 0 heterocycles. The molecule has 5 atom stereocenters. The standard InChI is InChI=1S/C26H44O6/c1-8-12-20(10-3)25(29,23(27)31-18(4)5)17-11-14-22-16-15-21(13-9-2)26(22,30)24(28)32-19(6)7/h10-11,17-22,29-30H,3,8-9,12-16H2,1-2,4-7H3/b17-11+/t20-,21+,22-,25-,26+/m1/s1. The molecule has 0 bridgehead atoms. The Kier molecular flexibility index (Phi) is 11.1. The van der Waals surface area contributed by atoms with Crippen LogP contribution in [0.3, 0.4) is 0 Å². The van der Waals surface area contributed by atoms with Crippen molar-refractivity contribution in [2.24, 2.45) is 17.8 Å². The average molecular weight is 453 g/mol. The molecular weight excluding hydrogens is 408 g/mol. The molecule has 1 rings (SSSR count). The monoisotopic (exact) mass is 452 g/mol. The molecule has 6 nitrogen and oxygen atoms in total. The van der Waals surface area contributed by atoms with E-state index in [4.69, 9.17) is 9.47 Å². The lowest BCUT2D eigenvalue weighted by Gasteiger charge is -2.34. The number of ether oxygens (including phenoxy) is 2. The summed E-state index contributed by atoms with van der Waals surface area (Å²) >= 11 is 0. The molecule has 1 aliphatic carbocycles. The van der Waals surface area contributed by atoms with Crippen molar-refractivity contribution in [3.63, 3.8) is 0 Å². The van der Waals surface area contributed by atoms with Crippen LogP contribution in [0.1, 0.15) is 86.5 Å². The van der Waals surface area contributed by atoms with Gasteiger partial charge in [-0.25, -0.2) is 9.59 Å². The van der Waals surface area contributed by atoms with Crippen molar-refractivity contribution in [1.29, 1.82) is 0 Å². The molecule has 1 saturated carbocycles. The van der Waals surface area contributed by atoms with Crippen molar-refractivity contribution in [2.45, 2.75) is 110 Å². The first kappa shape index (κ1) is 28.4. The van der Waals surface area contributed by atoms with E-state index in [1.807, 2.05) is 13.8 Å². The quantitative estimate of drug-likeness (QED) is 0.310. The van der Waals surface area contributed by atoms with Crippen molar-refractivity contribution in [3.8, 4) is 0 Å². The maximum Gasteiger partial charge on any atom is 0.343 e. The van der Waals surface area contributed by atoms with Crippen molar-refractivity contribution in [3.05, 3.63) is 24.8 Å². The van der Waals surface area contributed by atoms with Gasteiger partial charge in [0.25, 0.3) is 0 Å². The van der Waals surface area contributed by atoms with Crippen molar-refractivity contribution in [2.75, 3.05) is 0 Å². The maximum absolute atomic E-state index is 12.9. The molecule has 0 aliphatic heterocycles. The Labute approximate surface area is 194 Å². The zero-order valence-electron chi connectivity index (χ0n) is 20.8. The predicted octanol–water partition coefficient (Wildman–Crippen LogP) is 4.73. The summed E-state index contributed by atoms with van der Waals surface area (Å²) in [6.07, 6.45) is 8.76. The minimum Gasteiger partial charge on any atom is -0.461 e. The second-order valence-electron chi connectivity index (χ2n) is 9.59. The molecule has 0 aromatic rings. The Morgan fingerprint density at radius 2 is 1.69 bits per heavy atom. The van der Waals surface area contributed by atoms with Crippen LogP contribution in [0.4, 0.5) is 0 Å². The first-order chi connectivity index (χ1) is 15.0. The van der Waals surface area contributed by atoms with E-state index in [0.717, 1.165) is 25.7 Å². The van der Waals surface area contributed by atoms with Gasteiger partial charge < -0.3 is 19.7 Å². The molecule has 6 heteroatoms. The largest absolute Gasteiger partial charge is 0.461 e. The van der Waals surface area contributed by atoms with E-state index < -0.39 is 29.1 Å². The molecule has 1 fully saturated rings. The zero-order valence-corrected chi connectivity index (χ0v) is 20.8. The predicted molar refractivity (Wildman–Crippen MR) is 126 cm³/mol. The Hall–Kier alpha value is -1.66. The van der Waals surface area contributed by atoms with Gasteiger partial charge in [-0.1, -0.05) is 38.8 Å². The molecule has 0 spiro atoms. The highest BCUT2D eigenvalue weighted by atomic mass is 16.6. The lowest BCUT2D eigenvalue weighted by molar-refractivity contribution is -0.179. The van der Waals surface area contributed by atoms with Crippen LogP contribution < -0.4 is 0 Å². The zero-order chi connectivity index (χ0) is 24.5. The third-order valence-electron chi connectivity index (χ3n) is 6.33. The highest BCUT2D eigenvalue weighted by Crippen LogP contribution is 2.46. The van der Waals surface area contributed by atoms with Gasteiger partial charge in [0.1, 0.15) is 0 Å². The van der Waals surface area contributed by atoms with E-state index in [9.17, 15) is 19.8 Å². The van der Waals surface area contributed by atoms with Crippen molar-refractivity contribution < 1.29 is 29.3 Å². The van der Waals surface area contributed by atoms with E-state index in [2.05, 4.69) is 6.58 Å². The number of carbonyl (C=O) groups excluding carboxylic acids is 2.